The van der Waals surface area contributed by atoms with Gasteiger partial charge in [0.25, 0.3) is 0 Å². The second-order valence-corrected chi connectivity index (χ2v) is 7.60. The lowest BCUT2D eigenvalue weighted by Gasteiger charge is -2.20. The van der Waals surface area contributed by atoms with Gasteiger partial charge < -0.3 is 19.5 Å². The maximum absolute atomic E-state index is 12.5. The second-order valence-electron chi connectivity index (χ2n) is 6.75. The van der Waals surface area contributed by atoms with Crippen molar-refractivity contribution in [1.82, 2.24) is 5.32 Å². The summed E-state index contributed by atoms with van der Waals surface area (Å²) in [4.78, 5) is 25.0. The summed E-state index contributed by atoms with van der Waals surface area (Å²) < 4.78 is 16.8. The van der Waals surface area contributed by atoms with Crippen LogP contribution in [-0.4, -0.2) is 33.5 Å². The van der Waals surface area contributed by atoms with E-state index in [4.69, 9.17) is 14.2 Å². The third-order valence-corrected chi connectivity index (χ3v) is 5.86. The largest absolute Gasteiger partial charge is 0.493 e. The minimum Gasteiger partial charge on any atom is -0.493 e. The molecule has 0 spiro atoms. The molecule has 0 unspecified atom stereocenters. The van der Waals surface area contributed by atoms with Crippen molar-refractivity contribution in [2.45, 2.75) is 30.7 Å². The molecule has 2 aromatic rings. The summed E-state index contributed by atoms with van der Waals surface area (Å²) in [7, 11) is 4.74. The molecule has 6 nitrogen and oxygen atoms in total. The molecule has 154 valence electrons. The lowest BCUT2D eigenvalue weighted by atomic mass is 9.95. The van der Waals surface area contributed by atoms with Crippen LogP contribution in [0, 0.1) is 0 Å². The Labute approximate surface area is 174 Å². The Morgan fingerprint density at radius 2 is 1.83 bits per heavy atom. The van der Waals surface area contributed by atoms with E-state index >= 15 is 0 Å². The first-order valence-electron chi connectivity index (χ1n) is 9.26. The van der Waals surface area contributed by atoms with Crippen molar-refractivity contribution in [1.29, 1.82) is 0 Å². The van der Waals surface area contributed by atoms with Crippen LogP contribution >= 0.6 is 11.8 Å². The first-order chi connectivity index (χ1) is 13.9. The number of benzene rings is 1. The topological polar surface area (TPSA) is 73.9 Å². The van der Waals surface area contributed by atoms with Gasteiger partial charge in [-0.2, -0.15) is 0 Å². The van der Waals surface area contributed by atoms with Crippen LogP contribution in [0.1, 0.15) is 30.5 Å². The fraction of sp³-hybridized carbons (Fsp3) is 0.364. The van der Waals surface area contributed by atoms with E-state index in [0.29, 0.717) is 35.0 Å². The normalized spacial score (nSPS) is 14.9. The zero-order valence-electron chi connectivity index (χ0n) is 17.3. The number of carbonyl (C=O) groups is 1. The van der Waals surface area contributed by atoms with E-state index in [9.17, 15) is 9.59 Å². The number of rotatable bonds is 5. The minimum absolute atomic E-state index is 0.0619. The van der Waals surface area contributed by atoms with E-state index < -0.39 is 0 Å². The highest BCUT2D eigenvalue weighted by Crippen LogP contribution is 2.50. The summed E-state index contributed by atoms with van der Waals surface area (Å²) in [6, 6.07) is 6.98. The number of amides is 1. The Balaban J connectivity index is 2.42. The van der Waals surface area contributed by atoms with Crippen LogP contribution in [0.5, 0.6) is 17.2 Å². The van der Waals surface area contributed by atoms with Gasteiger partial charge in [-0.15, -0.1) is 11.8 Å². The molecule has 0 aromatic heterocycles. The lowest BCUT2D eigenvalue weighted by molar-refractivity contribution is -0.119. The molecule has 0 saturated carbocycles. The summed E-state index contributed by atoms with van der Waals surface area (Å²) in [6.45, 7) is 1.50. The minimum atomic E-state index is -0.228. The van der Waals surface area contributed by atoms with Gasteiger partial charge in [0, 0.05) is 12.5 Å². The summed E-state index contributed by atoms with van der Waals surface area (Å²) >= 11 is 1.39. The van der Waals surface area contributed by atoms with Crippen LogP contribution in [0.15, 0.2) is 34.0 Å². The number of fused-ring (bicyclic) bond motifs is 3. The molecule has 0 saturated heterocycles. The number of ether oxygens (including phenoxy) is 3. The Hall–Kier alpha value is -2.67. The average molecular weight is 416 g/mol. The molecule has 1 aliphatic carbocycles. The molecule has 1 aliphatic rings. The molecule has 0 fully saturated rings. The van der Waals surface area contributed by atoms with Gasteiger partial charge in [-0.3, -0.25) is 9.59 Å². The Morgan fingerprint density at radius 3 is 2.41 bits per heavy atom. The van der Waals surface area contributed by atoms with Crippen LogP contribution in [-0.2, 0) is 11.2 Å². The average Bonchev–Trinajstić information content (AvgIpc) is 2.95. The van der Waals surface area contributed by atoms with Crippen LogP contribution < -0.4 is 25.0 Å². The maximum Gasteiger partial charge on any atom is 0.217 e. The first-order valence-corrected chi connectivity index (χ1v) is 10.5. The van der Waals surface area contributed by atoms with Crippen LogP contribution in [0.3, 0.4) is 0 Å². The predicted molar refractivity (Wildman–Crippen MR) is 114 cm³/mol. The highest BCUT2D eigenvalue weighted by Gasteiger charge is 2.29. The number of methoxy groups -OCH3 is 3. The number of carbonyl (C=O) groups excluding carboxylic acids is 1. The number of hydrogen-bond donors (Lipinski definition) is 1. The van der Waals surface area contributed by atoms with Crippen LogP contribution in [0.2, 0.25) is 0 Å². The molecule has 2 aromatic carbocycles. The summed E-state index contributed by atoms with van der Waals surface area (Å²) in [6.07, 6.45) is 3.26. The molecule has 0 aliphatic heterocycles. The quantitative estimate of drug-likeness (QED) is 0.753. The van der Waals surface area contributed by atoms with Gasteiger partial charge in [-0.05, 0) is 60.1 Å². The number of aryl methyl sites for hydroxylation is 1. The molecule has 7 heteroatoms. The van der Waals surface area contributed by atoms with Gasteiger partial charge in [0.05, 0.1) is 32.3 Å². The maximum atomic E-state index is 12.5. The van der Waals surface area contributed by atoms with E-state index in [1.165, 1.54) is 18.7 Å². The lowest BCUT2D eigenvalue weighted by Crippen LogP contribution is -2.26. The third kappa shape index (κ3) is 3.92. The third-order valence-electron chi connectivity index (χ3n) is 5.10. The van der Waals surface area contributed by atoms with Gasteiger partial charge >= 0.3 is 0 Å². The van der Waals surface area contributed by atoms with E-state index in [1.807, 2.05) is 24.5 Å². The number of thioether (sulfide) groups is 1. The van der Waals surface area contributed by atoms with Crippen molar-refractivity contribution in [2.75, 3.05) is 27.6 Å². The Morgan fingerprint density at radius 1 is 1.10 bits per heavy atom. The molecule has 3 rings (SSSR count). The van der Waals surface area contributed by atoms with Crippen molar-refractivity contribution < 1.29 is 19.0 Å². The monoisotopic (exact) mass is 415 g/mol. The van der Waals surface area contributed by atoms with Gasteiger partial charge in [-0.1, -0.05) is 0 Å². The van der Waals surface area contributed by atoms with Crippen molar-refractivity contribution in [3.63, 3.8) is 0 Å². The van der Waals surface area contributed by atoms with Gasteiger partial charge in [0.15, 0.2) is 16.9 Å². The summed E-state index contributed by atoms with van der Waals surface area (Å²) in [5, 5.41) is 3.04. The fourth-order valence-corrected chi connectivity index (χ4v) is 4.37. The number of hydrogen-bond acceptors (Lipinski definition) is 6. The summed E-state index contributed by atoms with van der Waals surface area (Å²) in [5.41, 5.74) is 3.53. The van der Waals surface area contributed by atoms with Crippen LogP contribution in [0.4, 0.5) is 0 Å². The van der Waals surface area contributed by atoms with Gasteiger partial charge in [0.1, 0.15) is 0 Å². The van der Waals surface area contributed by atoms with E-state index in [-0.39, 0.29) is 17.4 Å². The SMILES string of the molecule is COc1cc2c(c(OC)c1OC)-c1ccc(=O)c(SC)cc1[C@@H](NC(C)=O)CC2. The van der Waals surface area contributed by atoms with Crippen molar-refractivity contribution in [2.24, 2.45) is 0 Å². The molecule has 0 radical (unpaired) electrons. The fourth-order valence-electron chi connectivity index (χ4n) is 3.85. The highest BCUT2D eigenvalue weighted by molar-refractivity contribution is 7.98. The molecule has 29 heavy (non-hydrogen) atoms. The highest BCUT2D eigenvalue weighted by atomic mass is 32.2. The van der Waals surface area contributed by atoms with E-state index in [2.05, 4.69) is 5.32 Å². The van der Waals surface area contributed by atoms with Crippen molar-refractivity contribution in [3.8, 4) is 28.4 Å². The van der Waals surface area contributed by atoms with Crippen molar-refractivity contribution >= 4 is 17.7 Å². The van der Waals surface area contributed by atoms with Gasteiger partial charge in [0.2, 0.25) is 11.7 Å². The standard InChI is InChI=1S/C22H25NO5S/c1-12(24)23-16-8-6-13-10-18(26-2)21(27-3)22(28-4)20(13)14-7-9-17(25)19(29-5)11-15(14)16/h7,9-11,16H,6,8H2,1-5H3,(H,23,24)/t16-/m0/s1. The van der Waals surface area contributed by atoms with Crippen LogP contribution in [0.25, 0.3) is 11.1 Å². The van der Waals surface area contributed by atoms with Gasteiger partial charge in [-0.25, -0.2) is 0 Å². The zero-order valence-corrected chi connectivity index (χ0v) is 18.1. The predicted octanol–water partition coefficient (Wildman–Crippen LogP) is 3.58. The Bertz CT molecular complexity index is 1010. The zero-order chi connectivity index (χ0) is 21.1. The molecule has 0 bridgehead atoms. The smallest absolute Gasteiger partial charge is 0.217 e. The molecule has 1 atom stereocenters. The molecular formula is C22H25NO5S. The van der Waals surface area contributed by atoms with E-state index in [1.54, 1.807) is 27.4 Å². The Kier molecular flexibility index (Phi) is 6.37. The first kappa shape index (κ1) is 21.0. The second kappa shape index (κ2) is 8.78. The molecule has 1 N–H and O–H groups in total. The van der Waals surface area contributed by atoms with Crippen molar-refractivity contribution in [3.05, 3.63) is 45.6 Å². The van der Waals surface area contributed by atoms with E-state index in [0.717, 1.165) is 22.3 Å². The number of nitrogens with one attached hydrogen (secondary N) is 1. The molecular weight excluding hydrogens is 390 g/mol. The summed E-state index contributed by atoms with van der Waals surface area (Å²) in [5.74, 6) is 1.51. The molecule has 1 amide bonds. The molecule has 0 heterocycles.